The maximum atomic E-state index is 5.70. The van der Waals surface area contributed by atoms with Gasteiger partial charge >= 0.3 is 0 Å². The lowest BCUT2D eigenvalue weighted by molar-refractivity contribution is 0.127. The Bertz CT molecular complexity index is 393. The molecule has 1 N–H and O–H groups in total. The number of rotatable bonds is 9. The highest BCUT2D eigenvalue weighted by atomic mass is 16.5. The van der Waals surface area contributed by atoms with E-state index in [0.29, 0.717) is 6.04 Å². The third-order valence-electron chi connectivity index (χ3n) is 2.82. The van der Waals surface area contributed by atoms with E-state index in [9.17, 15) is 0 Å². The normalized spacial score (nSPS) is 12.5. The summed E-state index contributed by atoms with van der Waals surface area (Å²) in [5.74, 6) is 1.56. The largest absolute Gasteiger partial charge is 0.493 e. The molecule has 0 saturated carbocycles. The molecule has 1 aromatic rings. The van der Waals surface area contributed by atoms with Gasteiger partial charge in [0.15, 0.2) is 11.5 Å². The number of methoxy groups -OCH3 is 1. The second-order valence-electron chi connectivity index (χ2n) is 5.09. The van der Waals surface area contributed by atoms with Crippen LogP contribution in [-0.2, 0) is 11.3 Å². The van der Waals surface area contributed by atoms with Crippen molar-refractivity contribution in [2.75, 3.05) is 20.3 Å². The molecule has 4 heteroatoms. The van der Waals surface area contributed by atoms with E-state index in [1.807, 2.05) is 32.9 Å². The predicted molar refractivity (Wildman–Crippen MR) is 81.6 cm³/mol. The predicted octanol–water partition coefficient (Wildman–Crippen LogP) is 3.00. The van der Waals surface area contributed by atoms with Gasteiger partial charge < -0.3 is 19.5 Å². The van der Waals surface area contributed by atoms with Crippen LogP contribution in [0.25, 0.3) is 0 Å². The van der Waals surface area contributed by atoms with Gasteiger partial charge in [0.05, 0.1) is 19.8 Å². The van der Waals surface area contributed by atoms with Crippen LogP contribution < -0.4 is 14.8 Å². The molecule has 0 saturated heterocycles. The first-order valence-electron chi connectivity index (χ1n) is 7.21. The van der Waals surface area contributed by atoms with Crippen molar-refractivity contribution in [2.24, 2.45) is 0 Å². The highest BCUT2D eigenvalue weighted by Crippen LogP contribution is 2.28. The van der Waals surface area contributed by atoms with Crippen molar-refractivity contribution in [3.05, 3.63) is 23.8 Å². The van der Waals surface area contributed by atoms with E-state index in [4.69, 9.17) is 14.2 Å². The molecule has 0 aliphatic rings. The number of hydrogen-bond acceptors (Lipinski definition) is 4. The minimum Gasteiger partial charge on any atom is -0.493 e. The van der Waals surface area contributed by atoms with Gasteiger partial charge in [-0.2, -0.15) is 0 Å². The molecular weight excluding hydrogens is 254 g/mol. The van der Waals surface area contributed by atoms with Gasteiger partial charge in [-0.1, -0.05) is 6.07 Å². The number of ether oxygens (including phenoxy) is 3. The molecule has 20 heavy (non-hydrogen) atoms. The molecule has 1 unspecified atom stereocenters. The van der Waals surface area contributed by atoms with Crippen LogP contribution in [0, 0.1) is 0 Å². The minimum absolute atomic E-state index is 0.138. The molecule has 114 valence electrons. The maximum Gasteiger partial charge on any atom is 0.161 e. The summed E-state index contributed by atoms with van der Waals surface area (Å²) in [5, 5.41) is 3.42. The van der Waals surface area contributed by atoms with Gasteiger partial charge in [0.25, 0.3) is 0 Å². The maximum absolute atomic E-state index is 5.70. The first-order chi connectivity index (χ1) is 9.56. The number of hydrogen-bond donors (Lipinski definition) is 1. The average molecular weight is 281 g/mol. The van der Waals surface area contributed by atoms with Gasteiger partial charge in [-0.3, -0.25) is 0 Å². The van der Waals surface area contributed by atoms with Crippen LogP contribution in [0.15, 0.2) is 18.2 Å². The smallest absolute Gasteiger partial charge is 0.161 e. The summed E-state index contributed by atoms with van der Waals surface area (Å²) in [6, 6.07) is 6.36. The highest BCUT2D eigenvalue weighted by Gasteiger charge is 2.08. The van der Waals surface area contributed by atoms with Crippen molar-refractivity contribution in [1.29, 1.82) is 0 Å². The van der Waals surface area contributed by atoms with Gasteiger partial charge in [-0.25, -0.2) is 0 Å². The van der Waals surface area contributed by atoms with Crippen LogP contribution in [0.5, 0.6) is 11.5 Å². The van der Waals surface area contributed by atoms with Gasteiger partial charge in [-0.15, -0.1) is 0 Å². The lowest BCUT2D eigenvalue weighted by Crippen LogP contribution is -2.30. The Morgan fingerprint density at radius 2 is 1.90 bits per heavy atom. The van der Waals surface area contributed by atoms with E-state index in [-0.39, 0.29) is 6.10 Å². The topological polar surface area (TPSA) is 39.7 Å². The van der Waals surface area contributed by atoms with Crippen molar-refractivity contribution < 1.29 is 14.2 Å². The van der Waals surface area contributed by atoms with Gasteiger partial charge in [0, 0.05) is 19.2 Å². The van der Waals surface area contributed by atoms with Crippen LogP contribution >= 0.6 is 0 Å². The molecule has 0 amide bonds. The molecule has 0 spiro atoms. The standard InChI is InChI=1S/C16H27NO3/c1-6-19-11-13(4)17-10-14-7-8-15(20-12(2)3)16(9-14)18-5/h7-9,12-13,17H,6,10-11H2,1-5H3. The Labute approximate surface area is 122 Å². The quantitative estimate of drug-likeness (QED) is 0.755. The van der Waals surface area contributed by atoms with Gasteiger partial charge in [0.2, 0.25) is 0 Å². The average Bonchev–Trinajstić information content (AvgIpc) is 2.43. The van der Waals surface area contributed by atoms with Crippen molar-refractivity contribution in [2.45, 2.75) is 46.4 Å². The van der Waals surface area contributed by atoms with Gasteiger partial charge in [0.1, 0.15) is 0 Å². The van der Waals surface area contributed by atoms with E-state index >= 15 is 0 Å². The zero-order chi connectivity index (χ0) is 15.0. The first kappa shape index (κ1) is 16.8. The Morgan fingerprint density at radius 1 is 1.15 bits per heavy atom. The van der Waals surface area contributed by atoms with Crippen LogP contribution in [0.2, 0.25) is 0 Å². The third-order valence-corrected chi connectivity index (χ3v) is 2.82. The molecular formula is C16H27NO3. The van der Waals surface area contributed by atoms with E-state index in [1.165, 1.54) is 5.56 Å². The summed E-state index contributed by atoms with van der Waals surface area (Å²) in [6.45, 7) is 10.4. The number of nitrogens with one attached hydrogen (secondary N) is 1. The molecule has 0 aliphatic heterocycles. The summed E-state index contributed by atoms with van der Waals surface area (Å²) in [5.41, 5.74) is 1.17. The van der Waals surface area contributed by atoms with E-state index in [0.717, 1.165) is 31.3 Å². The molecule has 0 radical (unpaired) electrons. The van der Waals surface area contributed by atoms with Crippen molar-refractivity contribution in [3.8, 4) is 11.5 Å². The monoisotopic (exact) mass is 281 g/mol. The third kappa shape index (κ3) is 5.80. The Kier molecular flexibility index (Phi) is 7.41. The summed E-state index contributed by atoms with van der Waals surface area (Å²) in [4.78, 5) is 0. The molecule has 1 rings (SSSR count). The summed E-state index contributed by atoms with van der Waals surface area (Å²) in [7, 11) is 1.66. The summed E-state index contributed by atoms with van der Waals surface area (Å²) in [6.07, 6.45) is 0.138. The molecule has 0 aromatic heterocycles. The summed E-state index contributed by atoms with van der Waals surface area (Å²) < 4.78 is 16.5. The zero-order valence-corrected chi connectivity index (χ0v) is 13.2. The van der Waals surface area contributed by atoms with Crippen molar-refractivity contribution in [3.63, 3.8) is 0 Å². The van der Waals surface area contributed by atoms with Crippen molar-refractivity contribution in [1.82, 2.24) is 5.32 Å². The lowest BCUT2D eigenvalue weighted by Gasteiger charge is -2.16. The molecule has 1 atom stereocenters. The lowest BCUT2D eigenvalue weighted by atomic mass is 10.2. The molecule has 1 aromatic carbocycles. The number of benzene rings is 1. The zero-order valence-electron chi connectivity index (χ0n) is 13.2. The Morgan fingerprint density at radius 3 is 2.50 bits per heavy atom. The van der Waals surface area contributed by atoms with Crippen LogP contribution in [0.4, 0.5) is 0 Å². The molecule has 0 heterocycles. The first-order valence-corrected chi connectivity index (χ1v) is 7.21. The van der Waals surface area contributed by atoms with E-state index < -0.39 is 0 Å². The fraction of sp³-hybridized carbons (Fsp3) is 0.625. The SMILES string of the molecule is CCOCC(C)NCc1ccc(OC(C)C)c(OC)c1. The van der Waals surface area contributed by atoms with Crippen molar-refractivity contribution >= 4 is 0 Å². The Balaban J connectivity index is 2.59. The van der Waals surface area contributed by atoms with Crippen LogP contribution in [0.3, 0.4) is 0 Å². The van der Waals surface area contributed by atoms with E-state index in [1.54, 1.807) is 7.11 Å². The minimum atomic E-state index is 0.138. The van der Waals surface area contributed by atoms with Gasteiger partial charge in [-0.05, 0) is 45.4 Å². The fourth-order valence-corrected chi connectivity index (χ4v) is 1.82. The molecule has 4 nitrogen and oxygen atoms in total. The van der Waals surface area contributed by atoms with Crippen LogP contribution in [0.1, 0.15) is 33.3 Å². The summed E-state index contributed by atoms with van der Waals surface area (Å²) >= 11 is 0. The second kappa shape index (κ2) is 8.82. The fourth-order valence-electron chi connectivity index (χ4n) is 1.82. The van der Waals surface area contributed by atoms with E-state index in [2.05, 4.69) is 18.3 Å². The molecule has 0 fully saturated rings. The Hall–Kier alpha value is -1.26. The van der Waals surface area contributed by atoms with Crippen LogP contribution in [-0.4, -0.2) is 32.5 Å². The molecule has 0 bridgehead atoms. The highest BCUT2D eigenvalue weighted by molar-refractivity contribution is 5.43. The second-order valence-corrected chi connectivity index (χ2v) is 5.09. The molecule has 0 aliphatic carbocycles.